The van der Waals surface area contributed by atoms with Gasteiger partial charge < -0.3 is 5.32 Å². The number of hydrogen-bond donors (Lipinski definition) is 1. The SMILES string of the molecule is N#Cc1cc(NC(=O)c2cnn(-c3cccc4ccccc34)c2C(F)(F)F)ccn1. The van der Waals surface area contributed by atoms with Crippen LogP contribution in [-0.4, -0.2) is 20.7 Å². The van der Waals surface area contributed by atoms with Crippen molar-refractivity contribution in [2.75, 3.05) is 5.32 Å². The zero-order valence-electron chi connectivity index (χ0n) is 15.2. The summed E-state index contributed by atoms with van der Waals surface area (Å²) in [7, 11) is 0. The molecule has 148 valence electrons. The van der Waals surface area contributed by atoms with Crippen molar-refractivity contribution in [1.29, 1.82) is 5.26 Å². The van der Waals surface area contributed by atoms with E-state index >= 15 is 0 Å². The lowest BCUT2D eigenvalue weighted by molar-refractivity contribution is -0.143. The lowest BCUT2D eigenvalue weighted by Gasteiger charge is -2.14. The molecule has 0 aliphatic heterocycles. The third kappa shape index (κ3) is 3.46. The van der Waals surface area contributed by atoms with E-state index in [1.54, 1.807) is 42.5 Å². The van der Waals surface area contributed by atoms with E-state index in [0.717, 1.165) is 16.3 Å². The lowest BCUT2D eigenvalue weighted by Crippen LogP contribution is -2.21. The van der Waals surface area contributed by atoms with E-state index in [9.17, 15) is 18.0 Å². The molecule has 0 saturated heterocycles. The largest absolute Gasteiger partial charge is 0.434 e. The number of benzene rings is 2. The van der Waals surface area contributed by atoms with Crippen molar-refractivity contribution in [2.45, 2.75) is 6.18 Å². The van der Waals surface area contributed by atoms with E-state index in [1.807, 2.05) is 0 Å². The Bertz CT molecular complexity index is 1300. The molecular formula is C21H12F3N5O. The van der Waals surface area contributed by atoms with Gasteiger partial charge in [-0.2, -0.15) is 23.5 Å². The van der Waals surface area contributed by atoms with Crippen LogP contribution in [0, 0.1) is 11.3 Å². The van der Waals surface area contributed by atoms with Crippen molar-refractivity contribution in [3.63, 3.8) is 0 Å². The van der Waals surface area contributed by atoms with Gasteiger partial charge in [0.05, 0.1) is 17.4 Å². The summed E-state index contributed by atoms with van der Waals surface area (Å²) in [5.41, 5.74) is -1.44. The van der Waals surface area contributed by atoms with Gasteiger partial charge in [0.1, 0.15) is 11.8 Å². The zero-order chi connectivity index (χ0) is 21.3. The number of nitriles is 1. The number of amides is 1. The molecule has 4 aromatic rings. The number of hydrogen-bond acceptors (Lipinski definition) is 4. The first-order valence-corrected chi connectivity index (χ1v) is 8.69. The molecule has 2 aromatic carbocycles. The lowest BCUT2D eigenvalue weighted by atomic mass is 10.1. The van der Waals surface area contributed by atoms with Crippen LogP contribution in [0.25, 0.3) is 16.5 Å². The number of rotatable bonds is 3. The highest BCUT2D eigenvalue weighted by Gasteiger charge is 2.40. The minimum absolute atomic E-state index is 0.0234. The first-order chi connectivity index (χ1) is 14.4. The Kier molecular flexibility index (Phi) is 4.68. The highest BCUT2D eigenvalue weighted by atomic mass is 19.4. The monoisotopic (exact) mass is 407 g/mol. The molecule has 2 aromatic heterocycles. The summed E-state index contributed by atoms with van der Waals surface area (Å²) in [4.78, 5) is 16.4. The van der Waals surface area contributed by atoms with E-state index in [-0.39, 0.29) is 17.1 Å². The molecule has 4 rings (SSSR count). The maximum absolute atomic E-state index is 14.0. The number of carbonyl (C=O) groups is 1. The Morgan fingerprint density at radius 3 is 2.63 bits per heavy atom. The average molecular weight is 407 g/mol. The fraction of sp³-hybridized carbons (Fsp3) is 0.0476. The van der Waals surface area contributed by atoms with Crippen LogP contribution >= 0.6 is 0 Å². The van der Waals surface area contributed by atoms with Crippen molar-refractivity contribution in [3.05, 3.63) is 83.9 Å². The molecule has 1 N–H and O–H groups in total. The van der Waals surface area contributed by atoms with Crippen LogP contribution in [0.5, 0.6) is 0 Å². The number of halogens is 3. The summed E-state index contributed by atoms with van der Waals surface area (Å²) in [5, 5.41) is 16.4. The number of carbonyl (C=O) groups excluding carboxylic acids is 1. The van der Waals surface area contributed by atoms with Crippen molar-refractivity contribution >= 4 is 22.4 Å². The molecule has 0 spiro atoms. The highest BCUT2D eigenvalue weighted by molar-refractivity contribution is 6.05. The van der Waals surface area contributed by atoms with Crippen LogP contribution in [0.1, 0.15) is 21.7 Å². The molecule has 0 saturated carbocycles. The van der Waals surface area contributed by atoms with Crippen LogP contribution in [0.15, 0.2) is 67.0 Å². The maximum atomic E-state index is 14.0. The van der Waals surface area contributed by atoms with Crippen LogP contribution in [0.4, 0.5) is 18.9 Å². The number of aromatic nitrogens is 3. The van der Waals surface area contributed by atoms with Crippen LogP contribution < -0.4 is 5.32 Å². The molecule has 2 heterocycles. The number of fused-ring (bicyclic) bond motifs is 1. The Balaban J connectivity index is 1.82. The van der Waals surface area contributed by atoms with Crippen LogP contribution in [-0.2, 0) is 6.18 Å². The van der Waals surface area contributed by atoms with Gasteiger partial charge in [-0.1, -0.05) is 36.4 Å². The van der Waals surface area contributed by atoms with Crippen LogP contribution in [0.2, 0.25) is 0 Å². The summed E-state index contributed by atoms with van der Waals surface area (Å²) >= 11 is 0. The van der Waals surface area contributed by atoms with Crippen LogP contribution in [0.3, 0.4) is 0 Å². The number of nitrogens with one attached hydrogen (secondary N) is 1. The molecule has 0 unspecified atom stereocenters. The van der Waals surface area contributed by atoms with Crippen molar-refractivity contribution in [3.8, 4) is 11.8 Å². The summed E-state index contributed by atoms with van der Waals surface area (Å²) < 4.78 is 42.6. The minimum atomic E-state index is -4.84. The summed E-state index contributed by atoms with van der Waals surface area (Å²) in [6, 6.07) is 16.3. The standard InChI is InChI=1S/C21H12F3N5O/c22-21(23,24)19-17(20(30)28-14-8-9-26-15(10-14)11-25)12-27-29(19)18-7-3-5-13-4-1-2-6-16(13)18/h1-10,12H,(H,26,28,30). The molecule has 6 nitrogen and oxygen atoms in total. The van der Waals surface area contributed by atoms with E-state index in [0.29, 0.717) is 5.39 Å². The van der Waals surface area contributed by atoms with E-state index in [4.69, 9.17) is 5.26 Å². The van der Waals surface area contributed by atoms with Gasteiger partial charge in [0.15, 0.2) is 5.69 Å². The molecule has 0 aliphatic carbocycles. The van der Waals surface area contributed by atoms with Crippen molar-refractivity contribution in [1.82, 2.24) is 14.8 Å². The number of pyridine rings is 1. The fourth-order valence-corrected chi connectivity index (χ4v) is 3.13. The number of nitrogens with zero attached hydrogens (tertiary/aromatic N) is 4. The molecule has 0 atom stereocenters. The molecule has 30 heavy (non-hydrogen) atoms. The third-order valence-electron chi connectivity index (χ3n) is 4.41. The normalized spacial score (nSPS) is 11.3. The fourth-order valence-electron chi connectivity index (χ4n) is 3.13. The Morgan fingerprint density at radius 1 is 1.10 bits per heavy atom. The third-order valence-corrected chi connectivity index (χ3v) is 4.41. The predicted molar refractivity (Wildman–Crippen MR) is 103 cm³/mol. The zero-order valence-corrected chi connectivity index (χ0v) is 15.2. The Morgan fingerprint density at radius 2 is 1.87 bits per heavy atom. The van der Waals surface area contributed by atoms with E-state index < -0.39 is 23.3 Å². The first kappa shape index (κ1) is 19.1. The second-order valence-corrected chi connectivity index (χ2v) is 6.31. The molecule has 0 radical (unpaired) electrons. The second kappa shape index (κ2) is 7.33. The van der Waals surface area contributed by atoms with Gasteiger partial charge >= 0.3 is 6.18 Å². The van der Waals surface area contributed by atoms with Crippen molar-refractivity contribution in [2.24, 2.45) is 0 Å². The van der Waals surface area contributed by atoms with Gasteiger partial charge in [-0.25, -0.2) is 9.67 Å². The Hall–Kier alpha value is -4.19. The molecule has 0 aliphatic rings. The van der Waals surface area contributed by atoms with Gasteiger partial charge in [-0.15, -0.1) is 0 Å². The second-order valence-electron chi connectivity index (χ2n) is 6.31. The molecular weight excluding hydrogens is 395 g/mol. The Labute approximate surface area is 168 Å². The van der Waals surface area contributed by atoms with Gasteiger partial charge in [0.2, 0.25) is 0 Å². The van der Waals surface area contributed by atoms with Gasteiger partial charge in [-0.3, -0.25) is 4.79 Å². The van der Waals surface area contributed by atoms with Gasteiger partial charge in [0.25, 0.3) is 5.91 Å². The predicted octanol–water partition coefficient (Wildman–Crippen LogP) is 4.56. The topological polar surface area (TPSA) is 83.6 Å². The van der Waals surface area contributed by atoms with E-state index in [1.165, 1.54) is 24.4 Å². The highest BCUT2D eigenvalue weighted by Crippen LogP contribution is 2.35. The van der Waals surface area contributed by atoms with Gasteiger partial charge in [0, 0.05) is 17.3 Å². The quantitative estimate of drug-likeness (QED) is 0.540. The smallest absolute Gasteiger partial charge is 0.322 e. The average Bonchev–Trinajstić information content (AvgIpc) is 3.19. The van der Waals surface area contributed by atoms with Gasteiger partial charge in [-0.05, 0) is 23.6 Å². The number of alkyl halides is 3. The summed E-state index contributed by atoms with van der Waals surface area (Å²) in [6.07, 6.45) is -2.68. The van der Waals surface area contributed by atoms with E-state index in [2.05, 4.69) is 15.4 Å². The molecule has 0 fully saturated rings. The summed E-state index contributed by atoms with van der Waals surface area (Å²) in [5.74, 6) is -0.996. The first-order valence-electron chi connectivity index (χ1n) is 8.69. The molecule has 0 bridgehead atoms. The minimum Gasteiger partial charge on any atom is -0.322 e. The van der Waals surface area contributed by atoms with Crippen molar-refractivity contribution < 1.29 is 18.0 Å². The molecule has 9 heteroatoms. The molecule has 1 amide bonds. The maximum Gasteiger partial charge on any atom is 0.434 e. The number of anilines is 1. The summed E-state index contributed by atoms with van der Waals surface area (Å²) in [6.45, 7) is 0.